The average molecular weight is 407 g/mol. The molecule has 9 nitrogen and oxygen atoms in total. The highest BCUT2D eigenvalue weighted by atomic mass is 16.2. The summed E-state index contributed by atoms with van der Waals surface area (Å²) in [7, 11) is 0. The van der Waals surface area contributed by atoms with Gasteiger partial charge < -0.3 is 16.0 Å². The summed E-state index contributed by atoms with van der Waals surface area (Å²) < 4.78 is 1.57. The Kier molecular flexibility index (Phi) is 5.35. The molecule has 1 aliphatic rings. The van der Waals surface area contributed by atoms with Crippen molar-refractivity contribution in [1.29, 1.82) is 0 Å². The second kappa shape index (κ2) is 8.10. The van der Waals surface area contributed by atoms with E-state index in [0.717, 1.165) is 22.6 Å². The van der Waals surface area contributed by atoms with Crippen molar-refractivity contribution in [3.63, 3.8) is 0 Å². The van der Waals surface area contributed by atoms with Crippen molar-refractivity contribution >= 4 is 29.2 Å². The molecule has 0 aliphatic carbocycles. The largest absolute Gasteiger partial charge is 0.366 e. The average Bonchev–Trinajstić information content (AvgIpc) is 3.12. The summed E-state index contributed by atoms with van der Waals surface area (Å²) in [5.41, 5.74) is 8.86. The Hall–Kier alpha value is -3.49. The fraction of sp³-hybridized carbons (Fsp3) is 0.381. The molecule has 1 aromatic carbocycles. The second-order valence-electron chi connectivity index (χ2n) is 7.63. The molecule has 3 heterocycles. The maximum absolute atomic E-state index is 12.9. The van der Waals surface area contributed by atoms with E-state index in [-0.39, 0.29) is 30.1 Å². The van der Waals surface area contributed by atoms with Crippen LogP contribution in [-0.4, -0.2) is 49.4 Å². The third-order valence-corrected chi connectivity index (χ3v) is 5.65. The molecule has 0 spiro atoms. The fourth-order valence-electron chi connectivity index (χ4n) is 3.90. The van der Waals surface area contributed by atoms with Crippen LogP contribution in [0.4, 0.5) is 11.6 Å². The molecule has 1 saturated heterocycles. The van der Waals surface area contributed by atoms with Crippen molar-refractivity contribution in [3.8, 4) is 0 Å². The number of piperidine rings is 1. The summed E-state index contributed by atoms with van der Waals surface area (Å²) in [5.74, 6) is 0.540. The second-order valence-corrected chi connectivity index (χ2v) is 7.63. The van der Waals surface area contributed by atoms with Gasteiger partial charge in [0.1, 0.15) is 0 Å². The minimum Gasteiger partial charge on any atom is -0.366 e. The number of fused-ring (bicyclic) bond motifs is 1. The molecule has 0 saturated carbocycles. The lowest BCUT2D eigenvalue weighted by atomic mass is 9.95. The van der Waals surface area contributed by atoms with Gasteiger partial charge in [-0.25, -0.2) is 4.98 Å². The van der Waals surface area contributed by atoms with E-state index in [9.17, 15) is 9.59 Å². The Morgan fingerprint density at radius 2 is 1.83 bits per heavy atom. The van der Waals surface area contributed by atoms with Crippen LogP contribution in [0, 0.1) is 19.8 Å². The van der Waals surface area contributed by atoms with E-state index in [1.807, 2.05) is 49.1 Å². The molecule has 2 aromatic heterocycles. The van der Waals surface area contributed by atoms with E-state index >= 15 is 0 Å². The number of carbonyl (C=O) groups is 2. The molecule has 4 rings (SSSR count). The van der Waals surface area contributed by atoms with Crippen LogP contribution < -0.4 is 11.1 Å². The van der Waals surface area contributed by atoms with E-state index < -0.39 is 0 Å². The van der Waals surface area contributed by atoms with E-state index in [2.05, 4.69) is 20.4 Å². The lowest BCUT2D eigenvalue weighted by Gasteiger charge is -2.31. The molecule has 30 heavy (non-hydrogen) atoms. The minimum absolute atomic E-state index is 0.0124. The molecule has 156 valence electrons. The van der Waals surface area contributed by atoms with Gasteiger partial charge in [-0.1, -0.05) is 18.2 Å². The first-order valence-electron chi connectivity index (χ1n) is 10.0. The first kappa shape index (κ1) is 19.8. The Bertz CT molecular complexity index is 1090. The van der Waals surface area contributed by atoms with Crippen LogP contribution in [0.15, 0.2) is 30.3 Å². The van der Waals surface area contributed by atoms with Crippen molar-refractivity contribution in [2.45, 2.75) is 33.1 Å². The zero-order valence-electron chi connectivity index (χ0n) is 17.1. The summed E-state index contributed by atoms with van der Waals surface area (Å²) in [4.78, 5) is 35.7. The predicted molar refractivity (Wildman–Crippen MR) is 113 cm³/mol. The van der Waals surface area contributed by atoms with Crippen LogP contribution in [0.5, 0.6) is 0 Å². The van der Waals surface area contributed by atoms with Gasteiger partial charge in [-0.2, -0.15) is 9.50 Å². The van der Waals surface area contributed by atoms with Gasteiger partial charge in [-0.05, 0) is 38.8 Å². The number of aromatic nitrogens is 4. The third-order valence-electron chi connectivity index (χ3n) is 5.65. The molecular weight excluding hydrogens is 382 g/mol. The molecule has 3 aromatic rings. The van der Waals surface area contributed by atoms with E-state index in [0.29, 0.717) is 31.7 Å². The predicted octanol–water partition coefficient (Wildman–Crippen LogP) is 1.74. The zero-order chi connectivity index (χ0) is 21.3. The number of nitrogens with zero attached hydrogens (tertiary/aromatic N) is 5. The van der Waals surface area contributed by atoms with E-state index in [1.54, 1.807) is 4.52 Å². The molecule has 0 radical (unpaired) electrons. The number of hydrogen-bond donors (Lipinski definition) is 2. The molecule has 0 bridgehead atoms. The summed E-state index contributed by atoms with van der Waals surface area (Å²) in [6, 6.07) is 9.43. The minimum atomic E-state index is -0.0890. The summed E-state index contributed by atoms with van der Waals surface area (Å²) in [5, 5.41) is 7.10. The van der Waals surface area contributed by atoms with Gasteiger partial charge in [0.25, 0.3) is 5.78 Å². The van der Waals surface area contributed by atoms with Crippen LogP contribution in [0.3, 0.4) is 0 Å². The number of aryl methyl sites for hydroxylation is 2. The van der Waals surface area contributed by atoms with Gasteiger partial charge in [-0.3, -0.25) is 9.59 Å². The maximum Gasteiger partial charge on any atom is 0.254 e. The number of likely N-dealkylation sites (tertiary alicyclic amines) is 1. The highest BCUT2D eigenvalue weighted by molar-refractivity contribution is 5.92. The lowest BCUT2D eigenvalue weighted by molar-refractivity contribution is -0.133. The quantitative estimate of drug-likeness (QED) is 0.680. The van der Waals surface area contributed by atoms with Gasteiger partial charge in [0.2, 0.25) is 17.8 Å². The number of nitrogens with two attached hydrogens (primary N) is 1. The number of amides is 2. The van der Waals surface area contributed by atoms with Gasteiger partial charge in [-0.15, -0.1) is 5.10 Å². The van der Waals surface area contributed by atoms with Crippen LogP contribution >= 0.6 is 0 Å². The molecule has 2 amide bonds. The van der Waals surface area contributed by atoms with E-state index in [1.165, 1.54) is 0 Å². The number of para-hydroxylation sites is 1. The van der Waals surface area contributed by atoms with Crippen molar-refractivity contribution in [2.75, 3.05) is 24.1 Å². The van der Waals surface area contributed by atoms with Crippen LogP contribution in [0.25, 0.3) is 5.78 Å². The highest BCUT2D eigenvalue weighted by Gasteiger charge is 2.28. The number of nitrogen functional groups attached to an aromatic ring is 1. The topological polar surface area (TPSA) is 119 Å². The number of anilines is 2. The smallest absolute Gasteiger partial charge is 0.254 e. The standard InChI is InChI=1S/C21H25N7O2/c1-13-17(14(2)28-21(23-13)25-20(22)26-28)12-18(29)27-10-8-15(9-11-27)19(30)24-16-6-4-3-5-7-16/h3-7,15H,8-12H2,1-2H3,(H2,22,26)(H,24,30). The molecule has 0 atom stereocenters. The number of hydrogen-bond acceptors (Lipinski definition) is 6. The SMILES string of the molecule is Cc1nc2nc(N)nn2c(C)c1CC(=O)N1CCC(C(=O)Nc2ccccc2)CC1. The first-order chi connectivity index (χ1) is 14.4. The molecule has 1 fully saturated rings. The van der Waals surface area contributed by atoms with Crippen LogP contribution in [-0.2, 0) is 16.0 Å². The lowest BCUT2D eigenvalue weighted by Crippen LogP contribution is -2.42. The Balaban J connectivity index is 1.38. The first-order valence-corrected chi connectivity index (χ1v) is 10.0. The van der Waals surface area contributed by atoms with Crippen molar-refractivity contribution in [2.24, 2.45) is 5.92 Å². The van der Waals surface area contributed by atoms with Gasteiger partial charge in [0, 0.05) is 41.6 Å². The summed E-state index contributed by atoms with van der Waals surface area (Å²) >= 11 is 0. The molecule has 0 unspecified atom stereocenters. The maximum atomic E-state index is 12.9. The number of carbonyl (C=O) groups excluding carboxylic acids is 2. The monoisotopic (exact) mass is 407 g/mol. The van der Waals surface area contributed by atoms with Gasteiger partial charge in [0.15, 0.2) is 0 Å². The van der Waals surface area contributed by atoms with Gasteiger partial charge >= 0.3 is 0 Å². The normalized spacial score (nSPS) is 14.8. The number of nitrogens with one attached hydrogen (secondary N) is 1. The molecule has 3 N–H and O–H groups in total. The van der Waals surface area contributed by atoms with Crippen molar-refractivity contribution in [1.82, 2.24) is 24.5 Å². The number of benzene rings is 1. The van der Waals surface area contributed by atoms with E-state index in [4.69, 9.17) is 5.73 Å². The fourth-order valence-corrected chi connectivity index (χ4v) is 3.90. The summed E-state index contributed by atoms with van der Waals surface area (Å²) in [6.45, 7) is 4.88. The van der Waals surface area contributed by atoms with Crippen LogP contribution in [0.1, 0.15) is 29.8 Å². The Labute approximate surface area is 174 Å². The number of rotatable bonds is 4. The van der Waals surface area contributed by atoms with Crippen molar-refractivity contribution < 1.29 is 9.59 Å². The highest BCUT2D eigenvalue weighted by Crippen LogP contribution is 2.22. The zero-order valence-corrected chi connectivity index (χ0v) is 17.1. The summed E-state index contributed by atoms with van der Waals surface area (Å²) in [6.07, 6.45) is 1.54. The van der Waals surface area contributed by atoms with Crippen molar-refractivity contribution in [3.05, 3.63) is 47.3 Å². The Morgan fingerprint density at radius 3 is 2.53 bits per heavy atom. The van der Waals surface area contributed by atoms with Gasteiger partial charge in [0.05, 0.1) is 6.42 Å². The molecular formula is C21H25N7O2. The van der Waals surface area contributed by atoms with Crippen LogP contribution in [0.2, 0.25) is 0 Å². The molecule has 9 heteroatoms. The molecule has 1 aliphatic heterocycles. The third kappa shape index (κ3) is 3.96. The Morgan fingerprint density at radius 1 is 1.13 bits per heavy atom.